The number of hydrogen-bond acceptors (Lipinski definition) is 5. The van der Waals surface area contributed by atoms with E-state index < -0.39 is 10.0 Å². The van der Waals surface area contributed by atoms with E-state index in [2.05, 4.69) is 14.8 Å². The average molecular weight is 302 g/mol. The van der Waals surface area contributed by atoms with Crippen LogP contribution in [-0.4, -0.2) is 23.2 Å². The summed E-state index contributed by atoms with van der Waals surface area (Å²) >= 11 is 5.74. The minimum absolute atomic E-state index is 0.00566. The molecule has 0 bridgehead atoms. The van der Waals surface area contributed by atoms with Crippen molar-refractivity contribution in [3.8, 4) is 0 Å². The van der Waals surface area contributed by atoms with Crippen molar-refractivity contribution in [3.63, 3.8) is 0 Å². The summed E-state index contributed by atoms with van der Waals surface area (Å²) in [5.74, 6) is 0.382. The summed E-state index contributed by atoms with van der Waals surface area (Å²) in [5.41, 5.74) is 5.78. The van der Waals surface area contributed by atoms with Crippen LogP contribution in [0, 0.1) is 0 Å². The lowest BCUT2D eigenvalue weighted by Gasteiger charge is -2.06. The Morgan fingerprint density at radius 1 is 1.47 bits per heavy atom. The molecule has 19 heavy (non-hydrogen) atoms. The summed E-state index contributed by atoms with van der Waals surface area (Å²) in [6.45, 7) is 0.00566. The summed E-state index contributed by atoms with van der Waals surface area (Å²) in [6.07, 6.45) is 1.49. The zero-order valence-corrected chi connectivity index (χ0v) is 11.6. The van der Waals surface area contributed by atoms with Crippen molar-refractivity contribution in [2.75, 3.05) is 5.73 Å². The molecule has 0 amide bonds. The van der Waals surface area contributed by atoms with Crippen molar-refractivity contribution < 1.29 is 8.42 Å². The van der Waals surface area contributed by atoms with Crippen molar-refractivity contribution in [1.82, 2.24) is 19.5 Å². The van der Waals surface area contributed by atoms with Crippen LogP contribution in [0.5, 0.6) is 0 Å². The SMILES string of the molecule is Cn1cnc(CNS(=O)(=O)c2ccc(Cl)c(N)c2)n1. The first-order chi connectivity index (χ1) is 8.88. The molecule has 0 aliphatic rings. The Bertz CT molecular complexity index is 698. The van der Waals surface area contributed by atoms with Crippen LogP contribution in [0.4, 0.5) is 5.69 Å². The molecule has 102 valence electrons. The number of nitrogens with two attached hydrogens (primary N) is 1. The summed E-state index contributed by atoms with van der Waals surface area (Å²) in [5, 5.41) is 4.28. The molecular formula is C10H12ClN5O2S. The van der Waals surface area contributed by atoms with Gasteiger partial charge in [0.2, 0.25) is 10.0 Å². The van der Waals surface area contributed by atoms with Crippen LogP contribution < -0.4 is 10.5 Å². The van der Waals surface area contributed by atoms with E-state index in [4.69, 9.17) is 17.3 Å². The summed E-state index contributed by atoms with van der Waals surface area (Å²) < 4.78 is 27.9. The maximum atomic E-state index is 12.0. The van der Waals surface area contributed by atoms with E-state index in [9.17, 15) is 8.42 Å². The average Bonchev–Trinajstić information content (AvgIpc) is 2.76. The van der Waals surface area contributed by atoms with E-state index in [1.54, 1.807) is 7.05 Å². The number of benzene rings is 1. The molecule has 0 aliphatic heterocycles. The fourth-order valence-corrected chi connectivity index (χ4v) is 2.53. The number of aryl methyl sites for hydroxylation is 1. The van der Waals surface area contributed by atoms with Crippen LogP contribution in [0.15, 0.2) is 29.4 Å². The molecule has 0 fully saturated rings. The predicted molar refractivity (Wildman–Crippen MR) is 70.9 cm³/mol. The van der Waals surface area contributed by atoms with Gasteiger partial charge >= 0.3 is 0 Å². The Hall–Kier alpha value is -1.64. The van der Waals surface area contributed by atoms with Gasteiger partial charge in [-0.25, -0.2) is 18.1 Å². The van der Waals surface area contributed by atoms with Crippen molar-refractivity contribution in [2.24, 2.45) is 7.05 Å². The highest BCUT2D eigenvalue weighted by Crippen LogP contribution is 2.22. The smallest absolute Gasteiger partial charge is 0.241 e. The fourth-order valence-electron chi connectivity index (χ4n) is 1.40. The third-order valence-electron chi connectivity index (χ3n) is 2.35. The molecule has 1 heterocycles. The van der Waals surface area contributed by atoms with Gasteiger partial charge in [-0.15, -0.1) is 0 Å². The van der Waals surface area contributed by atoms with E-state index in [0.29, 0.717) is 10.8 Å². The number of nitrogens with zero attached hydrogens (tertiary/aromatic N) is 3. The fraction of sp³-hybridized carbons (Fsp3) is 0.200. The van der Waals surface area contributed by atoms with Gasteiger partial charge in [0.15, 0.2) is 5.82 Å². The predicted octanol–water partition coefficient (Wildman–Crippen LogP) is 0.529. The molecule has 2 aromatic rings. The monoisotopic (exact) mass is 301 g/mol. The number of anilines is 1. The molecule has 2 rings (SSSR count). The lowest BCUT2D eigenvalue weighted by atomic mass is 10.3. The van der Waals surface area contributed by atoms with Gasteiger partial charge in [-0.2, -0.15) is 5.10 Å². The van der Waals surface area contributed by atoms with Gasteiger partial charge in [-0.05, 0) is 18.2 Å². The van der Waals surface area contributed by atoms with Gasteiger partial charge in [-0.1, -0.05) is 11.6 Å². The van der Waals surface area contributed by atoms with Gasteiger partial charge in [0.25, 0.3) is 0 Å². The number of aromatic nitrogens is 3. The highest BCUT2D eigenvalue weighted by molar-refractivity contribution is 7.89. The highest BCUT2D eigenvalue weighted by Gasteiger charge is 2.15. The summed E-state index contributed by atoms with van der Waals surface area (Å²) in [7, 11) is -1.97. The topological polar surface area (TPSA) is 103 Å². The lowest BCUT2D eigenvalue weighted by Crippen LogP contribution is -2.24. The van der Waals surface area contributed by atoms with Gasteiger partial charge < -0.3 is 5.73 Å². The van der Waals surface area contributed by atoms with E-state index >= 15 is 0 Å². The molecule has 1 aromatic heterocycles. The highest BCUT2D eigenvalue weighted by atomic mass is 35.5. The Morgan fingerprint density at radius 2 is 2.21 bits per heavy atom. The molecule has 0 saturated carbocycles. The number of sulfonamides is 1. The van der Waals surface area contributed by atoms with E-state index in [1.165, 1.54) is 29.2 Å². The van der Waals surface area contributed by atoms with E-state index in [0.717, 1.165) is 0 Å². The van der Waals surface area contributed by atoms with Crippen molar-refractivity contribution in [2.45, 2.75) is 11.4 Å². The Kier molecular flexibility index (Phi) is 3.74. The second-order valence-electron chi connectivity index (χ2n) is 3.84. The Labute approximate surface area is 115 Å². The zero-order chi connectivity index (χ0) is 14.0. The summed E-state index contributed by atoms with van der Waals surface area (Å²) in [6, 6.07) is 4.12. The van der Waals surface area contributed by atoms with Gasteiger partial charge in [-0.3, -0.25) is 4.68 Å². The number of nitrogen functional groups attached to an aromatic ring is 1. The molecule has 0 aliphatic carbocycles. The number of nitrogens with one attached hydrogen (secondary N) is 1. The number of rotatable bonds is 4. The van der Waals surface area contributed by atoms with E-state index in [-0.39, 0.29) is 17.1 Å². The summed E-state index contributed by atoms with van der Waals surface area (Å²) in [4.78, 5) is 3.97. The lowest BCUT2D eigenvalue weighted by molar-refractivity contribution is 0.578. The van der Waals surface area contributed by atoms with Crippen molar-refractivity contribution in [1.29, 1.82) is 0 Å². The van der Waals surface area contributed by atoms with Crippen LogP contribution in [0.1, 0.15) is 5.82 Å². The molecule has 9 heteroatoms. The quantitative estimate of drug-likeness (QED) is 0.802. The van der Waals surface area contributed by atoms with Gasteiger partial charge in [0.05, 0.1) is 22.2 Å². The molecule has 1 aromatic carbocycles. The molecule has 3 N–H and O–H groups in total. The maximum absolute atomic E-state index is 12.0. The van der Waals surface area contributed by atoms with Crippen LogP contribution in [0.25, 0.3) is 0 Å². The second kappa shape index (κ2) is 5.16. The largest absolute Gasteiger partial charge is 0.397 e. The number of hydrogen-bond donors (Lipinski definition) is 2. The maximum Gasteiger partial charge on any atom is 0.241 e. The molecular weight excluding hydrogens is 290 g/mol. The molecule has 7 nitrogen and oxygen atoms in total. The standard InChI is InChI=1S/C10H12ClN5O2S/c1-16-6-13-10(15-16)5-14-19(17,18)7-2-3-8(11)9(12)4-7/h2-4,6,14H,5,12H2,1H3. The first kappa shape index (κ1) is 13.8. The zero-order valence-electron chi connectivity index (χ0n) is 10.0. The van der Waals surface area contributed by atoms with Crippen LogP contribution in [0.2, 0.25) is 5.02 Å². The van der Waals surface area contributed by atoms with Crippen molar-refractivity contribution >= 4 is 27.3 Å². The molecule has 0 spiro atoms. The number of halogens is 1. The minimum Gasteiger partial charge on any atom is -0.397 e. The van der Waals surface area contributed by atoms with Crippen LogP contribution in [0.3, 0.4) is 0 Å². The van der Waals surface area contributed by atoms with Crippen LogP contribution >= 0.6 is 11.6 Å². The first-order valence-corrected chi connectivity index (χ1v) is 7.14. The minimum atomic E-state index is -3.67. The molecule has 0 radical (unpaired) electrons. The van der Waals surface area contributed by atoms with Crippen molar-refractivity contribution in [3.05, 3.63) is 35.4 Å². The molecule has 0 atom stereocenters. The second-order valence-corrected chi connectivity index (χ2v) is 6.02. The van der Waals surface area contributed by atoms with E-state index in [1.807, 2.05) is 0 Å². The normalized spacial score (nSPS) is 11.7. The first-order valence-electron chi connectivity index (χ1n) is 5.28. The molecule has 0 unspecified atom stereocenters. The Balaban J connectivity index is 2.16. The third kappa shape index (κ3) is 3.22. The van der Waals surface area contributed by atoms with Crippen LogP contribution in [-0.2, 0) is 23.6 Å². The van der Waals surface area contributed by atoms with Gasteiger partial charge in [0, 0.05) is 7.05 Å². The van der Waals surface area contributed by atoms with Gasteiger partial charge in [0.1, 0.15) is 6.33 Å². The Morgan fingerprint density at radius 3 is 2.79 bits per heavy atom. The third-order valence-corrected chi connectivity index (χ3v) is 4.09. The molecule has 0 saturated heterocycles.